The number of esters is 1. The van der Waals surface area contributed by atoms with Gasteiger partial charge in [-0.1, -0.05) is 40.2 Å². The zero-order chi connectivity index (χ0) is 18.7. The Bertz CT molecular complexity index is 998. The zero-order valence-electron chi connectivity index (χ0n) is 14.9. The van der Waals surface area contributed by atoms with Crippen LogP contribution in [0.1, 0.15) is 24.0 Å². The van der Waals surface area contributed by atoms with E-state index in [1.54, 1.807) is 6.20 Å². The minimum Gasteiger partial charge on any atom is -0.468 e. The van der Waals surface area contributed by atoms with Crippen LogP contribution in [0.4, 0.5) is 5.69 Å². The summed E-state index contributed by atoms with van der Waals surface area (Å²) in [6, 6.07) is 15.5. The van der Waals surface area contributed by atoms with Gasteiger partial charge in [0.15, 0.2) is 0 Å². The largest absolute Gasteiger partial charge is 0.468 e. The van der Waals surface area contributed by atoms with Crippen molar-refractivity contribution in [2.45, 2.75) is 19.8 Å². The van der Waals surface area contributed by atoms with Crippen molar-refractivity contribution in [1.82, 2.24) is 4.98 Å². The fourth-order valence-corrected chi connectivity index (χ4v) is 3.50. The second-order valence-electron chi connectivity index (χ2n) is 6.03. The summed E-state index contributed by atoms with van der Waals surface area (Å²) in [5.74, 6) is -0.920. The molecule has 0 saturated carbocycles. The van der Waals surface area contributed by atoms with Crippen molar-refractivity contribution in [1.29, 1.82) is 0 Å². The SMILES string of the molecule is COC(=O)C(/C(C)=N/c1c(C)ccc2ncccc12)c1ccccc1Br. The summed E-state index contributed by atoms with van der Waals surface area (Å²) in [5.41, 5.74) is 4.23. The number of aryl methyl sites for hydroxylation is 1. The lowest BCUT2D eigenvalue weighted by Crippen LogP contribution is -2.21. The standard InChI is InChI=1S/C21H19BrN2O2/c1-13-10-11-18-16(8-6-12-23-18)20(13)24-14(2)19(21(25)26-3)15-7-4-5-9-17(15)22/h4-12,19H,1-3H3/b24-14+. The molecule has 1 heterocycles. The van der Waals surface area contributed by atoms with Crippen LogP contribution in [0.5, 0.6) is 0 Å². The molecule has 26 heavy (non-hydrogen) atoms. The summed E-state index contributed by atoms with van der Waals surface area (Å²) in [7, 11) is 1.40. The van der Waals surface area contributed by atoms with Gasteiger partial charge in [0.1, 0.15) is 5.92 Å². The molecule has 2 aromatic carbocycles. The van der Waals surface area contributed by atoms with Gasteiger partial charge in [0.2, 0.25) is 0 Å². The Kier molecular flexibility index (Phi) is 5.47. The maximum absolute atomic E-state index is 12.5. The Labute approximate surface area is 161 Å². The molecule has 0 aliphatic rings. The number of halogens is 1. The molecule has 0 amide bonds. The number of pyridine rings is 1. The molecule has 1 aromatic heterocycles. The maximum atomic E-state index is 12.5. The molecule has 0 radical (unpaired) electrons. The Morgan fingerprint density at radius 2 is 1.92 bits per heavy atom. The van der Waals surface area contributed by atoms with Gasteiger partial charge in [-0.3, -0.25) is 14.8 Å². The van der Waals surface area contributed by atoms with Gasteiger partial charge < -0.3 is 4.74 Å². The average molecular weight is 411 g/mol. The lowest BCUT2D eigenvalue weighted by atomic mass is 9.94. The molecule has 0 bridgehead atoms. The van der Waals surface area contributed by atoms with Gasteiger partial charge >= 0.3 is 5.97 Å². The van der Waals surface area contributed by atoms with Gasteiger partial charge in [0.05, 0.1) is 18.3 Å². The van der Waals surface area contributed by atoms with Gasteiger partial charge in [0.25, 0.3) is 0 Å². The fourth-order valence-electron chi connectivity index (χ4n) is 2.98. The van der Waals surface area contributed by atoms with Crippen LogP contribution in [0.2, 0.25) is 0 Å². The summed E-state index contributed by atoms with van der Waals surface area (Å²) in [5, 5.41) is 0.961. The van der Waals surface area contributed by atoms with Crippen molar-refractivity contribution < 1.29 is 9.53 Å². The van der Waals surface area contributed by atoms with E-state index < -0.39 is 5.92 Å². The van der Waals surface area contributed by atoms with Crippen LogP contribution in [-0.4, -0.2) is 23.8 Å². The first-order valence-electron chi connectivity index (χ1n) is 8.24. The van der Waals surface area contributed by atoms with Crippen LogP contribution in [0, 0.1) is 6.92 Å². The monoisotopic (exact) mass is 410 g/mol. The predicted octanol–water partition coefficient (Wildman–Crippen LogP) is 5.35. The summed E-state index contributed by atoms with van der Waals surface area (Å²) in [4.78, 5) is 21.7. The highest BCUT2D eigenvalue weighted by molar-refractivity contribution is 9.10. The highest BCUT2D eigenvalue weighted by atomic mass is 79.9. The second-order valence-corrected chi connectivity index (χ2v) is 6.89. The number of hydrogen-bond donors (Lipinski definition) is 0. The van der Waals surface area contributed by atoms with E-state index in [1.807, 2.05) is 62.4 Å². The number of rotatable bonds is 4. The molecule has 0 spiro atoms. The van der Waals surface area contributed by atoms with E-state index >= 15 is 0 Å². The number of aliphatic imine (C=N–C) groups is 1. The van der Waals surface area contributed by atoms with Crippen LogP contribution in [0.3, 0.4) is 0 Å². The van der Waals surface area contributed by atoms with Gasteiger partial charge in [-0.15, -0.1) is 0 Å². The van der Waals surface area contributed by atoms with Crippen LogP contribution >= 0.6 is 15.9 Å². The van der Waals surface area contributed by atoms with Crippen molar-refractivity contribution in [3.8, 4) is 0 Å². The molecule has 1 atom stereocenters. The molecule has 0 N–H and O–H groups in total. The molecular weight excluding hydrogens is 392 g/mol. The summed E-state index contributed by atoms with van der Waals surface area (Å²) < 4.78 is 5.89. The Morgan fingerprint density at radius 3 is 2.65 bits per heavy atom. The Morgan fingerprint density at radius 1 is 1.15 bits per heavy atom. The highest BCUT2D eigenvalue weighted by Gasteiger charge is 2.26. The van der Waals surface area contributed by atoms with E-state index in [2.05, 4.69) is 20.9 Å². The number of carbonyl (C=O) groups excluding carboxylic acids is 1. The van der Waals surface area contributed by atoms with Crippen molar-refractivity contribution in [2.24, 2.45) is 4.99 Å². The molecule has 0 fully saturated rings. The number of aromatic nitrogens is 1. The highest BCUT2D eigenvalue weighted by Crippen LogP contribution is 2.32. The third kappa shape index (κ3) is 3.53. The number of ether oxygens (including phenoxy) is 1. The topological polar surface area (TPSA) is 51.5 Å². The minimum absolute atomic E-state index is 0.339. The van der Waals surface area contributed by atoms with Crippen molar-refractivity contribution in [2.75, 3.05) is 7.11 Å². The van der Waals surface area contributed by atoms with Crippen molar-refractivity contribution in [3.63, 3.8) is 0 Å². The minimum atomic E-state index is -0.582. The Balaban J connectivity index is 2.17. The van der Waals surface area contributed by atoms with Gasteiger partial charge in [-0.25, -0.2) is 0 Å². The van der Waals surface area contributed by atoms with Crippen LogP contribution in [0.25, 0.3) is 10.9 Å². The lowest BCUT2D eigenvalue weighted by Gasteiger charge is -2.17. The average Bonchev–Trinajstić information content (AvgIpc) is 2.65. The zero-order valence-corrected chi connectivity index (χ0v) is 16.4. The van der Waals surface area contributed by atoms with E-state index in [4.69, 9.17) is 9.73 Å². The fraction of sp³-hybridized carbons (Fsp3) is 0.190. The lowest BCUT2D eigenvalue weighted by molar-refractivity contribution is -0.140. The number of carbonyl (C=O) groups is 1. The number of hydrogen-bond acceptors (Lipinski definition) is 4. The van der Waals surface area contributed by atoms with E-state index in [1.165, 1.54) is 7.11 Å². The molecule has 1 unspecified atom stereocenters. The first-order chi connectivity index (χ1) is 12.5. The van der Waals surface area contributed by atoms with E-state index in [0.717, 1.165) is 32.2 Å². The number of benzene rings is 2. The molecule has 132 valence electrons. The molecule has 5 heteroatoms. The molecule has 3 aromatic rings. The summed E-state index contributed by atoms with van der Waals surface area (Å²) in [6.07, 6.45) is 1.76. The number of fused-ring (bicyclic) bond motifs is 1. The normalized spacial score (nSPS) is 12.8. The van der Waals surface area contributed by atoms with Gasteiger partial charge in [-0.2, -0.15) is 0 Å². The Hall–Kier alpha value is -2.53. The van der Waals surface area contributed by atoms with Gasteiger partial charge in [-0.05, 0) is 49.2 Å². The van der Waals surface area contributed by atoms with E-state index in [-0.39, 0.29) is 5.97 Å². The number of methoxy groups -OCH3 is 1. The predicted molar refractivity (Wildman–Crippen MR) is 108 cm³/mol. The first kappa shape index (κ1) is 18.3. The third-order valence-corrected chi connectivity index (χ3v) is 5.04. The molecule has 0 aliphatic carbocycles. The molecule has 0 saturated heterocycles. The van der Waals surface area contributed by atoms with Crippen LogP contribution in [0.15, 0.2) is 64.2 Å². The van der Waals surface area contributed by atoms with Crippen LogP contribution in [-0.2, 0) is 9.53 Å². The molecule has 3 rings (SSSR count). The smallest absolute Gasteiger partial charge is 0.318 e. The number of nitrogens with zero attached hydrogens (tertiary/aromatic N) is 2. The summed E-state index contributed by atoms with van der Waals surface area (Å²) >= 11 is 3.53. The molecular formula is C21H19BrN2O2. The van der Waals surface area contributed by atoms with Gasteiger partial charge in [0, 0.05) is 21.8 Å². The maximum Gasteiger partial charge on any atom is 0.318 e. The quantitative estimate of drug-likeness (QED) is 0.429. The second kappa shape index (κ2) is 7.79. The summed E-state index contributed by atoms with van der Waals surface area (Å²) in [6.45, 7) is 3.86. The third-order valence-electron chi connectivity index (χ3n) is 4.32. The molecule has 0 aliphatic heterocycles. The molecule has 4 nitrogen and oxygen atoms in total. The van der Waals surface area contributed by atoms with Crippen molar-refractivity contribution >= 4 is 44.2 Å². The van der Waals surface area contributed by atoms with Crippen LogP contribution < -0.4 is 0 Å². The van der Waals surface area contributed by atoms with Crippen molar-refractivity contribution in [3.05, 3.63) is 70.3 Å². The van der Waals surface area contributed by atoms with E-state index in [9.17, 15) is 4.79 Å². The first-order valence-corrected chi connectivity index (χ1v) is 9.04. The van der Waals surface area contributed by atoms with E-state index in [0.29, 0.717) is 5.71 Å².